The molecule has 1 atom stereocenters. The van der Waals surface area contributed by atoms with E-state index in [1.807, 2.05) is 6.92 Å². The fourth-order valence-corrected chi connectivity index (χ4v) is 3.44. The topological polar surface area (TPSA) is 52.0 Å². The van der Waals surface area contributed by atoms with Crippen LogP contribution >= 0.6 is 0 Å². The van der Waals surface area contributed by atoms with Gasteiger partial charge in [0.05, 0.1) is 17.7 Å². The molecule has 5 heteroatoms. The minimum Gasteiger partial charge on any atom is -0.368 e. The number of hydrogen-bond acceptors (Lipinski definition) is 4. The van der Waals surface area contributed by atoms with E-state index < -0.39 is 0 Å². The number of ether oxygens (including phenoxy) is 1. The highest BCUT2D eigenvalue weighted by Crippen LogP contribution is 2.38. The van der Waals surface area contributed by atoms with Gasteiger partial charge < -0.3 is 14.6 Å². The first-order valence-electron chi connectivity index (χ1n) is 7.62. The van der Waals surface area contributed by atoms with Crippen molar-refractivity contribution in [1.82, 2.24) is 20.1 Å². The van der Waals surface area contributed by atoms with Gasteiger partial charge in [-0.2, -0.15) is 0 Å². The Morgan fingerprint density at radius 3 is 2.50 bits per heavy atom. The molecule has 1 aromatic heterocycles. The molecule has 0 unspecified atom stereocenters. The molecule has 2 aliphatic rings. The Labute approximate surface area is 121 Å². The molecule has 1 aromatic rings. The van der Waals surface area contributed by atoms with Gasteiger partial charge in [-0.25, -0.2) is 0 Å². The van der Waals surface area contributed by atoms with E-state index in [-0.39, 0.29) is 11.2 Å². The fourth-order valence-electron chi connectivity index (χ4n) is 3.44. The minimum absolute atomic E-state index is 0.0543. The maximum Gasteiger partial charge on any atom is 0.147 e. The summed E-state index contributed by atoms with van der Waals surface area (Å²) < 4.78 is 8.42. The Kier molecular flexibility index (Phi) is 3.18. The Hall–Kier alpha value is -0.940. The van der Waals surface area contributed by atoms with Crippen molar-refractivity contribution in [2.75, 3.05) is 0 Å². The molecule has 0 amide bonds. The quantitative estimate of drug-likeness (QED) is 0.918. The molecule has 1 aliphatic carbocycles. The van der Waals surface area contributed by atoms with Gasteiger partial charge in [-0.1, -0.05) is 0 Å². The van der Waals surface area contributed by atoms with Gasteiger partial charge in [0.2, 0.25) is 0 Å². The third-order valence-electron chi connectivity index (χ3n) is 4.43. The summed E-state index contributed by atoms with van der Waals surface area (Å²) in [5.41, 5.74) is -0.190. The van der Waals surface area contributed by atoms with Crippen LogP contribution in [-0.2, 0) is 11.3 Å². The van der Waals surface area contributed by atoms with E-state index in [1.165, 1.54) is 12.8 Å². The van der Waals surface area contributed by atoms with E-state index in [2.05, 4.69) is 47.8 Å². The second-order valence-electron chi connectivity index (χ2n) is 7.37. The average Bonchev–Trinajstić information content (AvgIpc) is 3.03. The lowest BCUT2D eigenvalue weighted by Crippen LogP contribution is -2.43. The summed E-state index contributed by atoms with van der Waals surface area (Å²) in [5, 5.41) is 12.2. The molecule has 1 aliphatic heterocycles. The third-order valence-corrected chi connectivity index (χ3v) is 4.43. The monoisotopic (exact) mass is 278 g/mol. The zero-order valence-corrected chi connectivity index (χ0v) is 13.2. The van der Waals surface area contributed by atoms with E-state index in [4.69, 9.17) is 4.74 Å². The maximum absolute atomic E-state index is 6.13. The summed E-state index contributed by atoms with van der Waals surface area (Å²) >= 11 is 0. The Morgan fingerprint density at radius 1 is 1.25 bits per heavy atom. The molecule has 20 heavy (non-hydrogen) atoms. The lowest BCUT2D eigenvalue weighted by atomic mass is 9.94. The van der Waals surface area contributed by atoms with Crippen molar-refractivity contribution in [3.05, 3.63) is 11.6 Å². The summed E-state index contributed by atoms with van der Waals surface area (Å²) in [5.74, 6) is 2.09. The smallest absolute Gasteiger partial charge is 0.147 e. The lowest BCUT2D eigenvalue weighted by Gasteiger charge is -2.27. The predicted molar refractivity (Wildman–Crippen MR) is 77.5 cm³/mol. The standard InChI is InChI=1S/C15H26N4O/c1-10-17-18-13(19(10)11-6-7-11)9-16-12-8-14(2,3)20-15(12,4)5/h11-12,16H,6-9H2,1-5H3/t12-/m0/s1. The van der Waals surface area contributed by atoms with Crippen LogP contribution in [0, 0.1) is 6.92 Å². The van der Waals surface area contributed by atoms with Crippen molar-refractivity contribution >= 4 is 0 Å². The van der Waals surface area contributed by atoms with Crippen LogP contribution < -0.4 is 5.32 Å². The summed E-state index contributed by atoms with van der Waals surface area (Å²) in [6, 6.07) is 0.980. The average molecular weight is 278 g/mol. The Morgan fingerprint density at radius 2 is 1.95 bits per heavy atom. The molecular formula is C15H26N4O. The number of nitrogens with zero attached hydrogens (tertiary/aromatic N) is 3. The summed E-state index contributed by atoms with van der Waals surface area (Å²) in [7, 11) is 0. The summed E-state index contributed by atoms with van der Waals surface area (Å²) in [4.78, 5) is 0. The summed E-state index contributed by atoms with van der Waals surface area (Å²) in [6.45, 7) is 11.5. The molecule has 3 rings (SSSR count). The molecule has 0 radical (unpaired) electrons. The highest BCUT2D eigenvalue weighted by atomic mass is 16.5. The Balaban J connectivity index is 1.68. The second kappa shape index (κ2) is 4.53. The molecule has 2 fully saturated rings. The first kappa shape index (κ1) is 14.0. The second-order valence-corrected chi connectivity index (χ2v) is 7.37. The van der Waals surface area contributed by atoms with Crippen molar-refractivity contribution in [2.45, 2.75) is 83.7 Å². The minimum atomic E-state index is -0.136. The molecular weight excluding hydrogens is 252 g/mol. The molecule has 1 saturated carbocycles. The van der Waals surface area contributed by atoms with Crippen LogP contribution in [0.15, 0.2) is 0 Å². The van der Waals surface area contributed by atoms with Crippen molar-refractivity contribution in [3.63, 3.8) is 0 Å². The van der Waals surface area contributed by atoms with E-state index in [0.29, 0.717) is 12.1 Å². The highest BCUT2D eigenvalue weighted by molar-refractivity contribution is 5.04. The van der Waals surface area contributed by atoms with Crippen LogP contribution in [0.5, 0.6) is 0 Å². The van der Waals surface area contributed by atoms with E-state index in [9.17, 15) is 0 Å². The molecule has 0 spiro atoms. The fraction of sp³-hybridized carbons (Fsp3) is 0.867. The van der Waals surface area contributed by atoms with E-state index in [0.717, 1.165) is 24.6 Å². The molecule has 2 heterocycles. The maximum atomic E-state index is 6.13. The van der Waals surface area contributed by atoms with Gasteiger partial charge in [0.25, 0.3) is 0 Å². The van der Waals surface area contributed by atoms with Crippen molar-refractivity contribution in [1.29, 1.82) is 0 Å². The SMILES string of the molecule is Cc1nnc(CN[C@H]2CC(C)(C)OC2(C)C)n1C1CC1. The summed E-state index contributed by atoms with van der Waals surface area (Å²) in [6.07, 6.45) is 3.55. The zero-order chi connectivity index (χ0) is 14.5. The normalized spacial score (nSPS) is 27.9. The number of nitrogens with one attached hydrogen (secondary N) is 1. The molecule has 0 aromatic carbocycles. The van der Waals surface area contributed by atoms with Crippen LogP contribution in [0.3, 0.4) is 0 Å². The Bertz CT molecular complexity index is 502. The lowest BCUT2D eigenvalue weighted by molar-refractivity contribution is -0.0699. The number of hydrogen-bond donors (Lipinski definition) is 1. The number of aromatic nitrogens is 3. The van der Waals surface area contributed by atoms with Crippen molar-refractivity contribution in [3.8, 4) is 0 Å². The first-order valence-corrected chi connectivity index (χ1v) is 7.62. The van der Waals surface area contributed by atoms with Gasteiger partial charge in [-0.3, -0.25) is 0 Å². The predicted octanol–water partition coefficient (Wildman–Crippen LogP) is 2.36. The van der Waals surface area contributed by atoms with Crippen LogP contribution in [0.1, 0.15) is 64.6 Å². The molecule has 0 bridgehead atoms. The first-order chi connectivity index (χ1) is 9.28. The van der Waals surface area contributed by atoms with E-state index >= 15 is 0 Å². The molecule has 5 nitrogen and oxygen atoms in total. The van der Waals surface area contributed by atoms with E-state index in [1.54, 1.807) is 0 Å². The van der Waals surface area contributed by atoms with Gasteiger partial charge >= 0.3 is 0 Å². The number of aryl methyl sites for hydroxylation is 1. The molecule has 112 valence electrons. The number of rotatable bonds is 4. The molecule has 1 N–H and O–H groups in total. The van der Waals surface area contributed by atoms with Crippen LogP contribution in [0.4, 0.5) is 0 Å². The van der Waals surface area contributed by atoms with Gasteiger partial charge in [-0.15, -0.1) is 10.2 Å². The van der Waals surface area contributed by atoms with Crippen LogP contribution in [0.2, 0.25) is 0 Å². The third kappa shape index (κ3) is 2.61. The van der Waals surface area contributed by atoms with Gasteiger partial charge in [0.15, 0.2) is 0 Å². The van der Waals surface area contributed by atoms with Crippen LogP contribution in [0.25, 0.3) is 0 Å². The zero-order valence-electron chi connectivity index (χ0n) is 13.2. The van der Waals surface area contributed by atoms with Gasteiger partial charge in [0.1, 0.15) is 11.6 Å². The van der Waals surface area contributed by atoms with Crippen molar-refractivity contribution < 1.29 is 4.74 Å². The highest BCUT2D eigenvalue weighted by Gasteiger charge is 2.45. The van der Waals surface area contributed by atoms with Crippen LogP contribution in [-0.4, -0.2) is 32.0 Å². The van der Waals surface area contributed by atoms with Crippen molar-refractivity contribution in [2.24, 2.45) is 0 Å². The van der Waals surface area contributed by atoms with Gasteiger partial charge in [-0.05, 0) is 53.9 Å². The largest absolute Gasteiger partial charge is 0.368 e. The molecule has 1 saturated heterocycles. The van der Waals surface area contributed by atoms with Gasteiger partial charge in [0, 0.05) is 12.1 Å².